The molecule has 1 aromatic rings. The van der Waals surface area contributed by atoms with Crippen molar-refractivity contribution in [1.82, 2.24) is 25.0 Å². The van der Waals surface area contributed by atoms with Crippen molar-refractivity contribution in [1.29, 1.82) is 0 Å². The predicted octanol–water partition coefficient (Wildman–Crippen LogP) is 1.32. The number of ether oxygens (including phenoxy) is 1. The molecule has 240 valence electrons. The van der Waals surface area contributed by atoms with Crippen LogP contribution in [0, 0.1) is 23.7 Å². The zero-order chi connectivity index (χ0) is 31.2. The van der Waals surface area contributed by atoms with Gasteiger partial charge in [-0.25, -0.2) is 4.79 Å². The van der Waals surface area contributed by atoms with Gasteiger partial charge in [0.15, 0.2) is 0 Å². The lowest BCUT2D eigenvalue weighted by atomic mass is 9.76. The lowest BCUT2D eigenvalue weighted by Crippen LogP contribution is -2.57. The van der Waals surface area contributed by atoms with Crippen LogP contribution in [-0.4, -0.2) is 90.6 Å². The highest BCUT2D eigenvalue weighted by molar-refractivity contribution is 5.97. The van der Waals surface area contributed by atoms with Crippen LogP contribution in [0.25, 0.3) is 0 Å². The van der Waals surface area contributed by atoms with Gasteiger partial charge in [-0.3, -0.25) is 24.1 Å². The fourth-order valence-electron chi connectivity index (χ4n) is 7.56. The van der Waals surface area contributed by atoms with Crippen LogP contribution in [0.4, 0.5) is 5.69 Å². The van der Waals surface area contributed by atoms with E-state index in [1.54, 1.807) is 12.1 Å². The highest BCUT2D eigenvalue weighted by atomic mass is 16.5. The normalized spacial score (nSPS) is 28.7. The third-order valence-electron chi connectivity index (χ3n) is 9.89. The van der Waals surface area contributed by atoms with Gasteiger partial charge < -0.3 is 30.2 Å². The van der Waals surface area contributed by atoms with Crippen LogP contribution in [0.1, 0.15) is 51.4 Å². The van der Waals surface area contributed by atoms with Gasteiger partial charge in [0.2, 0.25) is 17.7 Å². The van der Waals surface area contributed by atoms with Crippen LogP contribution in [0.15, 0.2) is 35.3 Å². The minimum atomic E-state index is -0.919. The summed E-state index contributed by atoms with van der Waals surface area (Å²) in [6, 6.07) is 2.19. The van der Waals surface area contributed by atoms with Crippen LogP contribution >= 0.6 is 0 Å². The molecule has 5 atom stereocenters. The number of amides is 3. The van der Waals surface area contributed by atoms with Gasteiger partial charge in [-0.1, -0.05) is 12.5 Å². The number of aromatic nitrogens is 1. The average molecular weight is 611 g/mol. The molecule has 3 amide bonds. The summed E-state index contributed by atoms with van der Waals surface area (Å²) >= 11 is 0. The lowest BCUT2D eigenvalue weighted by molar-refractivity contribution is -0.135. The van der Waals surface area contributed by atoms with Crippen molar-refractivity contribution in [3.05, 3.63) is 40.8 Å². The Bertz CT molecular complexity index is 1300. The van der Waals surface area contributed by atoms with Crippen LogP contribution in [0.5, 0.6) is 0 Å². The van der Waals surface area contributed by atoms with Crippen LogP contribution in [0.2, 0.25) is 0 Å². The van der Waals surface area contributed by atoms with E-state index in [1.165, 1.54) is 42.9 Å². The van der Waals surface area contributed by atoms with Crippen molar-refractivity contribution in [3.63, 3.8) is 0 Å². The van der Waals surface area contributed by atoms with Gasteiger partial charge in [-0.15, -0.1) is 0 Å². The standard InChI is InChI=1S/C32H46N6O6/c1-36-18-21-7-5-8-23(17-21)29(36)35-27(39)20-38-14-6-10-26(32(38)43)34-31(42)25(9-3-4-11-28(40)44-2)33-30(41)24-19-37-15-12-22(24)13-16-37/h4,6,10-11,14,21-25,29H,3,5,7-9,12-13,15-20H2,1-2H3,(H,33,41)(H,34,42)(H,35,39)/b11-4+. The number of anilines is 1. The lowest BCUT2D eigenvalue weighted by Gasteiger charge is -2.46. The number of hydrogen-bond acceptors (Lipinski definition) is 8. The molecule has 5 aliphatic rings. The Morgan fingerprint density at radius 1 is 1.09 bits per heavy atom. The first-order chi connectivity index (χ1) is 21.2. The Morgan fingerprint density at radius 3 is 2.61 bits per heavy atom. The van der Waals surface area contributed by atoms with Gasteiger partial charge in [0.1, 0.15) is 18.3 Å². The number of nitrogens with one attached hydrogen (secondary N) is 3. The topological polar surface area (TPSA) is 142 Å². The molecule has 4 bridgehead atoms. The zero-order valence-corrected chi connectivity index (χ0v) is 25.8. The van der Waals surface area contributed by atoms with Gasteiger partial charge in [0.25, 0.3) is 5.56 Å². The summed E-state index contributed by atoms with van der Waals surface area (Å²) < 4.78 is 5.91. The van der Waals surface area contributed by atoms with Gasteiger partial charge in [-0.05, 0) is 95.0 Å². The summed E-state index contributed by atoms with van der Waals surface area (Å²) in [5.41, 5.74) is -0.471. The molecule has 44 heavy (non-hydrogen) atoms. The SMILES string of the molecule is COC(=O)/C=C/CCC(NC(=O)C1CN2CCC1CC2)C(=O)Nc1cccn(CC(=O)NC2C3CCCC(C3)CN2C)c1=O. The molecular formula is C32H46N6O6. The maximum atomic E-state index is 13.5. The molecule has 12 heteroatoms. The maximum Gasteiger partial charge on any atom is 0.330 e. The molecule has 1 aliphatic carbocycles. The molecule has 5 heterocycles. The molecule has 0 radical (unpaired) electrons. The van der Waals surface area contributed by atoms with Crippen LogP contribution in [0.3, 0.4) is 0 Å². The first-order valence-corrected chi connectivity index (χ1v) is 16.0. The Kier molecular flexibility index (Phi) is 10.5. The number of piperidine rings is 4. The van der Waals surface area contributed by atoms with Crippen molar-refractivity contribution in [2.45, 2.75) is 70.1 Å². The van der Waals surface area contributed by atoms with Gasteiger partial charge in [0.05, 0.1) is 19.2 Å². The summed E-state index contributed by atoms with van der Waals surface area (Å²) in [5, 5.41) is 8.75. The molecule has 4 aliphatic heterocycles. The van der Waals surface area contributed by atoms with E-state index in [9.17, 15) is 24.0 Å². The average Bonchev–Trinajstić information content (AvgIpc) is 3.03. The number of carbonyl (C=O) groups excluding carboxylic acids is 4. The van der Waals surface area contributed by atoms with E-state index in [2.05, 4.69) is 30.5 Å². The Balaban J connectivity index is 1.23. The van der Waals surface area contributed by atoms with Crippen molar-refractivity contribution in [3.8, 4) is 0 Å². The van der Waals surface area contributed by atoms with Gasteiger partial charge >= 0.3 is 5.97 Å². The van der Waals surface area contributed by atoms with E-state index >= 15 is 0 Å². The van der Waals surface area contributed by atoms with E-state index in [4.69, 9.17) is 0 Å². The van der Waals surface area contributed by atoms with Crippen molar-refractivity contribution in [2.75, 3.05) is 45.7 Å². The monoisotopic (exact) mass is 610 g/mol. The number of hydrogen-bond donors (Lipinski definition) is 3. The Morgan fingerprint density at radius 2 is 1.89 bits per heavy atom. The maximum absolute atomic E-state index is 13.5. The molecule has 0 aromatic carbocycles. The number of allylic oxidation sites excluding steroid dienone is 1. The van der Waals surface area contributed by atoms with Gasteiger partial charge in [0, 0.05) is 25.4 Å². The molecule has 3 N–H and O–H groups in total. The number of carbonyl (C=O) groups is 4. The number of esters is 1. The van der Waals surface area contributed by atoms with Crippen molar-refractivity contribution in [2.24, 2.45) is 23.7 Å². The third kappa shape index (κ3) is 7.76. The highest BCUT2D eigenvalue weighted by Gasteiger charge is 2.40. The summed E-state index contributed by atoms with van der Waals surface area (Å²) in [5.74, 6) is -0.253. The van der Waals surface area contributed by atoms with E-state index in [1.807, 2.05) is 7.05 Å². The molecule has 1 aromatic heterocycles. The van der Waals surface area contributed by atoms with E-state index in [-0.39, 0.29) is 42.6 Å². The Hall–Kier alpha value is -3.51. The molecule has 4 saturated heterocycles. The Labute approximate surface area is 258 Å². The summed E-state index contributed by atoms with van der Waals surface area (Å²) in [6.45, 7) is 3.46. The quantitative estimate of drug-likeness (QED) is 0.252. The van der Waals surface area contributed by atoms with Crippen molar-refractivity contribution < 1.29 is 23.9 Å². The molecule has 5 fully saturated rings. The van der Waals surface area contributed by atoms with Crippen LogP contribution in [-0.2, 0) is 30.5 Å². The molecule has 5 unspecified atom stereocenters. The molecular weight excluding hydrogens is 564 g/mol. The smallest absolute Gasteiger partial charge is 0.330 e. The fourth-order valence-corrected chi connectivity index (χ4v) is 7.56. The minimum Gasteiger partial charge on any atom is -0.466 e. The van der Waals surface area contributed by atoms with E-state index in [0.29, 0.717) is 30.7 Å². The number of methoxy groups -OCH3 is 1. The summed E-state index contributed by atoms with van der Waals surface area (Å²) in [4.78, 5) is 69.1. The second-order valence-corrected chi connectivity index (χ2v) is 12.9. The molecule has 6 rings (SSSR count). The highest BCUT2D eigenvalue weighted by Crippen LogP contribution is 2.37. The number of pyridine rings is 1. The number of likely N-dealkylation sites (tertiary alicyclic amines) is 1. The predicted molar refractivity (Wildman–Crippen MR) is 164 cm³/mol. The zero-order valence-electron chi connectivity index (χ0n) is 25.8. The first kappa shape index (κ1) is 31.9. The second-order valence-electron chi connectivity index (χ2n) is 12.9. The number of nitrogens with zero attached hydrogens (tertiary/aromatic N) is 3. The second kappa shape index (κ2) is 14.5. The minimum absolute atomic E-state index is 0.0300. The molecule has 12 nitrogen and oxygen atoms in total. The fraction of sp³-hybridized carbons (Fsp3) is 0.656. The van der Waals surface area contributed by atoms with Crippen LogP contribution < -0.4 is 21.5 Å². The molecule has 1 saturated carbocycles. The van der Waals surface area contributed by atoms with E-state index in [0.717, 1.165) is 45.3 Å². The summed E-state index contributed by atoms with van der Waals surface area (Å²) in [7, 11) is 3.32. The van der Waals surface area contributed by atoms with Crippen molar-refractivity contribution >= 4 is 29.4 Å². The number of fused-ring (bicyclic) bond motifs is 5. The largest absolute Gasteiger partial charge is 0.466 e. The number of rotatable bonds is 11. The van der Waals surface area contributed by atoms with E-state index < -0.39 is 23.5 Å². The summed E-state index contributed by atoms with van der Waals surface area (Å²) in [6.07, 6.45) is 11.5. The van der Waals surface area contributed by atoms with Gasteiger partial charge in [-0.2, -0.15) is 0 Å². The first-order valence-electron chi connectivity index (χ1n) is 16.0. The third-order valence-corrected chi connectivity index (χ3v) is 9.89. The molecule has 0 spiro atoms.